The quantitative estimate of drug-likeness (QED) is 0.371. The van der Waals surface area contributed by atoms with Crippen LogP contribution in [0.15, 0.2) is 0 Å². The highest BCUT2D eigenvalue weighted by Crippen LogP contribution is 1.65. The average molecular weight is 85.7 g/mol. The Kier molecular flexibility index (Phi) is 4.83. The number of hydrogen-bond acceptors (Lipinski definition) is 2. The first-order valence-electron chi connectivity index (χ1n) is 1.31. The van der Waals surface area contributed by atoms with Crippen molar-refractivity contribution in [3.63, 3.8) is 0 Å². The highest BCUT2D eigenvalue weighted by atomic mass is 32.1. The summed E-state index contributed by atoms with van der Waals surface area (Å²) >= 11 is 3.62. The van der Waals surface area contributed by atoms with Crippen LogP contribution in [0.3, 0.4) is 0 Å². The van der Waals surface area contributed by atoms with Gasteiger partial charge in [-0.2, -0.15) is 12.5 Å². The highest BCUT2D eigenvalue weighted by Gasteiger charge is 1.74. The average Bonchev–Trinajstić information content (AvgIpc) is 1.41. The van der Waals surface area contributed by atoms with Gasteiger partial charge in [0.1, 0.15) is 0 Å². The molecule has 4 heteroatoms. The molecule has 0 fully saturated rings. The maximum atomic E-state index is 4.45. The van der Waals surface area contributed by atoms with Crippen LogP contribution in [0.4, 0.5) is 0 Å². The fraction of sp³-hybridized carbons (Fsp3) is 1.00. The normalized spacial score (nSPS) is 6.80. The van der Waals surface area contributed by atoms with E-state index in [1.54, 1.807) is 14.3 Å². The van der Waals surface area contributed by atoms with Crippen LogP contribution in [0.5, 0.6) is 0 Å². The van der Waals surface area contributed by atoms with Crippen molar-refractivity contribution in [2.24, 2.45) is 0 Å². The van der Waals surface area contributed by atoms with Crippen LogP contribution in [0.2, 0.25) is 6.82 Å². The van der Waals surface area contributed by atoms with Gasteiger partial charge in [-0.1, -0.05) is 6.82 Å². The van der Waals surface area contributed by atoms with Crippen LogP contribution in [0.1, 0.15) is 0 Å². The minimum Gasteiger partial charge on any atom is -0.497 e. The molecule has 0 spiro atoms. The maximum Gasteiger partial charge on any atom is 0.351 e. The van der Waals surface area contributed by atoms with Gasteiger partial charge in [-0.25, -0.2) is 0 Å². The zero-order chi connectivity index (χ0) is 4.12. The Labute approximate surface area is 39.0 Å². The molecule has 1 nitrogen and oxygen atoms in total. The van der Waals surface area contributed by atoms with Gasteiger partial charge in [-0.05, 0) is 0 Å². The van der Waals surface area contributed by atoms with Gasteiger partial charge >= 0.3 is 6.76 Å². The molecule has 0 aromatic rings. The molecule has 0 saturated carbocycles. The first-order chi connectivity index (χ1) is 2.41. The van der Waals surface area contributed by atoms with E-state index in [0.29, 0.717) is 0 Å². The Hall–Kier alpha value is 0.440. The van der Waals surface area contributed by atoms with Crippen molar-refractivity contribution in [3.8, 4) is 0 Å². The van der Waals surface area contributed by atoms with Gasteiger partial charge in [0, 0.05) is 0 Å². The van der Waals surface area contributed by atoms with E-state index >= 15 is 0 Å². The van der Waals surface area contributed by atoms with Crippen LogP contribution in [0, 0.1) is 0 Å². The third kappa shape index (κ3) is 4.44. The topological polar surface area (TPSA) is 9.23 Å². The van der Waals surface area contributed by atoms with Crippen molar-refractivity contribution in [2.45, 2.75) is 6.82 Å². The fourth-order valence-electron chi connectivity index (χ4n) is 0.0609. The molecule has 0 bridgehead atoms. The van der Waals surface area contributed by atoms with Gasteiger partial charge in [0.2, 0.25) is 0 Å². The molecule has 2 radical (unpaired) electrons. The molecule has 0 aliphatic rings. The van der Waals surface area contributed by atoms with Crippen LogP contribution >= 0.6 is 12.5 Å². The number of hydrogen-bond donors (Lipinski definition) is 1. The number of rotatable bonds is 2. The lowest BCUT2D eigenvalue weighted by Crippen LogP contribution is -1.90. The zero-order valence-corrected chi connectivity index (χ0v) is 3.90. The lowest BCUT2D eigenvalue weighted by Gasteiger charge is -1.81. The van der Waals surface area contributed by atoms with Crippen LogP contribution in [-0.4, -0.2) is 14.2 Å². The molecule has 5 heavy (non-hydrogen) atoms. The summed E-state index contributed by atoms with van der Waals surface area (Å²) in [6, 6.07) is 0. The van der Waals surface area contributed by atoms with Crippen LogP contribution in [0.25, 0.3) is 0 Å². The van der Waals surface area contributed by atoms with E-state index in [1.807, 2.05) is 0 Å². The molecular formula is CH4B2OS. The largest absolute Gasteiger partial charge is 0.497 e. The fourth-order valence-corrected chi connectivity index (χ4v) is 0.183. The molecule has 0 atom stereocenters. The standard InChI is InChI=1S/CH4B2OS/c1-2-4-3-5/h5H,1H3. The summed E-state index contributed by atoms with van der Waals surface area (Å²) in [5, 5.41) is 0. The highest BCUT2D eigenvalue weighted by molar-refractivity contribution is 8.06. The Morgan fingerprint density at radius 3 is 2.40 bits per heavy atom. The first kappa shape index (κ1) is 5.44. The summed E-state index contributed by atoms with van der Waals surface area (Å²) in [5.74, 6) is 0. The molecule has 0 aromatic heterocycles. The second-order valence-corrected chi connectivity index (χ2v) is 0.688. The third-order valence-corrected chi connectivity index (χ3v) is 0.319. The van der Waals surface area contributed by atoms with Crippen molar-refractivity contribution < 1.29 is 4.57 Å². The van der Waals surface area contributed by atoms with E-state index in [0.717, 1.165) is 0 Å². The molecule has 0 N–H and O–H groups in total. The third-order valence-electron chi connectivity index (χ3n) is 0.197. The second-order valence-electron chi connectivity index (χ2n) is 0.477. The Morgan fingerprint density at radius 2 is 2.40 bits per heavy atom. The monoisotopic (exact) mass is 86.0 g/mol. The molecule has 0 unspecified atom stereocenters. The smallest absolute Gasteiger partial charge is 0.351 e. The summed E-state index contributed by atoms with van der Waals surface area (Å²) < 4.78 is 4.45. The van der Waals surface area contributed by atoms with Gasteiger partial charge in [0.05, 0.1) is 0 Å². The van der Waals surface area contributed by atoms with E-state index in [2.05, 4.69) is 17.1 Å². The summed E-state index contributed by atoms with van der Waals surface area (Å²) in [7, 11) is 1.55. The Balaban J connectivity index is 2.19. The molecule has 0 aliphatic heterocycles. The number of thiol groups is 1. The van der Waals surface area contributed by atoms with Crippen molar-refractivity contribution >= 4 is 26.7 Å². The molecule has 0 heterocycles. The van der Waals surface area contributed by atoms with Crippen LogP contribution < -0.4 is 0 Å². The molecule has 26 valence electrons. The summed E-state index contributed by atoms with van der Waals surface area (Å²) in [6.45, 7) is 3.10. The van der Waals surface area contributed by atoms with Crippen molar-refractivity contribution in [1.82, 2.24) is 0 Å². The van der Waals surface area contributed by atoms with E-state index < -0.39 is 0 Å². The molecular weight excluding hydrogens is 81.7 g/mol. The van der Waals surface area contributed by atoms with Crippen molar-refractivity contribution in [2.75, 3.05) is 0 Å². The Bertz CT molecular complexity index is 17.1. The SMILES string of the molecule is C[B]O[B]S. The second kappa shape index (κ2) is 4.44. The molecule has 0 amide bonds. The van der Waals surface area contributed by atoms with Crippen molar-refractivity contribution in [3.05, 3.63) is 0 Å². The predicted molar refractivity (Wildman–Crippen MR) is 27.4 cm³/mol. The minimum absolute atomic E-state index is 1.32. The van der Waals surface area contributed by atoms with Gasteiger partial charge in [0.15, 0.2) is 0 Å². The summed E-state index contributed by atoms with van der Waals surface area (Å²) in [6.07, 6.45) is 0. The lowest BCUT2D eigenvalue weighted by atomic mass is 10.1. The molecule has 0 saturated heterocycles. The molecule has 0 rings (SSSR count). The zero-order valence-electron chi connectivity index (χ0n) is 3.01. The lowest BCUT2D eigenvalue weighted by molar-refractivity contribution is 0.665. The predicted octanol–water partition coefficient (Wildman–Crippen LogP) is 0.134. The Morgan fingerprint density at radius 1 is 1.80 bits per heavy atom. The van der Waals surface area contributed by atoms with Gasteiger partial charge in [-0.3, -0.25) is 0 Å². The van der Waals surface area contributed by atoms with Gasteiger partial charge in [0.25, 0.3) is 7.48 Å². The summed E-state index contributed by atoms with van der Waals surface area (Å²) in [4.78, 5) is 0. The molecule has 0 aliphatic carbocycles. The van der Waals surface area contributed by atoms with E-state index in [4.69, 9.17) is 0 Å². The van der Waals surface area contributed by atoms with E-state index in [-0.39, 0.29) is 0 Å². The maximum absolute atomic E-state index is 4.45. The van der Waals surface area contributed by atoms with E-state index in [9.17, 15) is 0 Å². The minimum atomic E-state index is 1.32. The van der Waals surface area contributed by atoms with Gasteiger partial charge in [-0.15, -0.1) is 0 Å². The van der Waals surface area contributed by atoms with Crippen molar-refractivity contribution in [1.29, 1.82) is 0 Å². The van der Waals surface area contributed by atoms with Gasteiger partial charge < -0.3 is 4.57 Å². The first-order valence-corrected chi connectivity index (χ1v) is 1.82. The van der Waals surface area contributed by atoms with Crippen LogP contribution in [-0.2, 0) is 4.57 Å². The van der Waals surface area contributed by atoms with E-state index in [1.165, 1.54) is 6.76 Å². The molecule has 0 aromatic carbocycles. The summed E-state index contributed by atoms with van der Waals surface area (Å²) in [5.41, 5.74) is 0.